The van der Waals surface area contributed by atoms with E-state index < -0.39 is 0 Å². The van der Waals surface area contributed by atoms with Crippen LogP contribution in [0.3, 0.4) is 0 Å². The van der Waals surface area contributed by atoms with Gasteiger partial charge in [-0.2, -0.15) is 0 Å². The summed E-state index contributed by atoms with van der Waals surface area (Å²) in [6, 6.07) is 8.09. The molecule has 0 unspecified atom stereocenters. The molecule has 3 heteroatoms. The lowest BCUT2D eigenvalue weighted by Crippen LogP contribution is -2.21. The SMILES string of the molecule is C1=CN=c2[nH]c3ccccc3c2=CN=1. The van der Waals surface area contributed by atoms with E-state index in [2.05, 4.69) is 26.9 Å². The van der Waals surface area contributed by atoms with E-state index in [-0.39, 0.29) is 0 Å². The van der Waals surface area contributed by atoms with Crippen LogP contribution in [0.4, 0.5) is 0 Å². The van der Waals surface area contributed by atoms with E-state index in [1.165, 1.54) is 0 Å². The summed E-state index contributed by atoms with van der Waals surface area (Å²) in [7, 11) is 0. The summed E-state index contributed by atoms with van der Waals surface area (Å²) in [5.41, 5.74) is 1.93. The number of aliphatic imine (C=N–C) groups is 1. The number of fused-ring (bicyclic) bond motifs is 3. The van der Waals surface area contributed by atoms with Crippen molar-refractivity contribution >= 4 is 23.0 Å². The van der Waals surface area contributed by atoms with Crippen LogP contribution in [0.15, 0.2) is 40.5 Å². The Bertz CT molecular complexity index is 670. The van der Waals surface area contributed by atoms with Crippen molar-refractivity contribution in [2.24, 2.45) is 9.98 Å². The van der Waals surface area contributed by atoms with Crippen LogP contribution in [0, 0.1) is 0 Å². The van der Waals surface area contributed by atoms with Gasteiger partial charge >= 0.3 is 0 Å². The molecule has 2 aromatic rings. The Morgan fingerprint density at radius 1 is 1.21 bits per heavy atom. The zero-order valence-electron chi connectivity index (χ0n) is 7.36. The number of H-pyrrole nitrogens is 1. The highest BCUT2D eigenvalue weighted by Crippen LogP contribution is 2.03. The molecule has 0 saturated heterocycles. The third kappa shape index (κ3) is 0.934. The van der Waals surface area contributed by atoms with Crippen molar-refractivity contribution in [3.05, 3.63) is 41.2 Å². The summed E-state index contributed by atoms with van der Waals surface area (Å²) < 4.78 is 0. The lowest BCUT2D eigenvalue weighted by molar-refractivity contribution is 1.21. The second-order valence-electron chi connectivity index (χ2n) is 3.08. The predicted molar refractivity (Wildman–Crippen MR) is 55.5 cm³/mol. The quantitative estimate of drug-likeness (QED) is 0.622. The molecular weight excluding hydrogens is 174 g/mol. The van der Waals surface area contributed by atoms with Crippen LogP contribution >= 0.6 is 0 Å². The number of hydrogen-bond acceptors (Lipinski definition) is 2. The summed E-state index contributed by atoms with van der Waals surface area (Å²) in [6.07, 6.45) is 3.35. The fourth-order valence-corrected chi connectivity index (χ4v) is 1.61. The summed E-state index contributed by atoms with van der Waals surface area (Å²) in [4.78, 5) is 11.4. The average Bonchev–Trinajstić information content (AvgIpc) is 2.42. The van der Waals surface area contributed by atoms with E-state index in [9.17, 15) is 0 Å². The molecule has 3 rings (SSSR count). The minimum atomic E-state index is 0.847. The van der Waals surface area contributed by atoms with Gasteiger partial charge < -0.3 is 4.98 Å². The van der Waals surface area contributed by atoms with Gasteiger partial charge in [0.1, 0.15) is 5.49 Å². The molecule has 0 amide bonds. The molecule has 2 heterocycles. The molecule has 0 fully saturated rings. The first-order valence-electron chi connectivity index (χ1n) is 4.37. The van der Waals surface area contributed by atoms with E-state index in [1.807, 2.05) is 18.2 Å². The lowest BCUT2D eigenvalue weighted by atomic mass is 10.2. The number of aromatic nitrogens is 1. The molecule has 1 aromatic heterocycles. The van der Waals surface area contributed by atoms with Gasteiger partial charge in [-0.05, 0) is 6.07 Å². The van der Waals surface area contributed by atoms with Gasteiger partial charge in [-0.15, -0.1) is 0 Å². The molecule has 0 spiro atoms. The van der Waals surface area contributed by atoms with Crippen molar-refractivity contribution in [2.45, 2.75) is 0 Å². The molecule has 0 radical (unpaired) electrons. The van der Waals surface area contributed by atoms with Gasteiger partial charge in [0.2, 0.25) is 0 Å². The third-order valence-corrected chi connectivity index (χ3v) is 2.24. The van der Waals surface area contributed by atoms with E-state index in [1.54, 1.807) is 12.4 Å². The standard InChI is InChI=1S/C11H7N3/c1-2-4-10-8(3-1)9-7-12-5-6-13-11(9)14-10/h1-4,6-7H,(H,13,14). The predicted octanol–water partition coefficient (Wildman–Crippen LogP) is 0.723. The van der Waals surface area contributed by atoms with E-state index >= 15 is 0 Å². The van der Waals surface area contributed by atoms with Gasteiger partial charge in [-0.3, -0.25) is 0 Å². The number of benzene rings is 1. The molecule has 1 N–H and O–H groups in total. The molecule has 0 bridgehead atoms. The summed E-state index contributed by atoms with van der Waals surface area (Å²) in [5, 5.41) is 2.17. The third-order valence-electron chi connectivity index (χ3n) is 2.24. The van der Waals surface area contributed by atoms with Crippen molar-refractivity contribution in [1.82, 2.24) is 4.98 Å². The first-order valence-corrected chi connectivity index (χ1v) is 4.37. The minimum absolute atomic E-state index is 0.847. The van der Waals surface area contributed by atoms with E-state index in [4.69, 9.17) is 0 Å². The number of hydrogen-bond donors (Lipinski definition) is 1. The van der Waals surface area contributed by atoms with Crippen LogP contribution in [-0.2, 0) is 0 Å². The summed E-state index contributed by atoms with van der Waals surface area (Å²) in [6.45, 7) is 0. The number of nitrogens with zero attached hydrogens (tertiary/aromatic N) is 2. The molecule has 66 valence electrons. The average molecular weight is 181 g/mol. The monoisotopic (exact) mass is 181 g/mol. The molecule has 0 saturated carbocycles. The zero-order valence-corrected chi connectivity index (χ0v) is 7.36. The molecule has 0 atom stereocenters. The lowest BCUT2D eigenvalue weighted by Gasteiger charge is -1.84. The summed E-state index contributed by atoms with van der Waals surface area (Å²) in [5.74, 6) is 2.70. The number of nitrogens with one attached hydrogen (secondary N) is 1. The molecule has 1 aliphatic heterocycles. The topological polar surface area (TPSA) is 40.5 Å². The Hall–Kier alpha value is -2.12. The van der Waals surface area contributed by atoms with Gasteiger partial charge in [0.05, 0.1) is 6.20 Å². The molecule has 3 nitrogen and oxygen atoms in total. The van der Waals surface area contributed by atoms with Crippen LogP contribution in [-0.4, -0.2) is 10.9 Å². The summed E-state index contributed by atoms with van der Waals surface area (Å²) >= 11 is 0. The van der Waals surface area contributed by atoms with E-state index in [0.717, 1.165) is 21.6 Å². The first kappa shape index (κ1) is 7.30. The maximum atomic E-state index is 4.21. The number of rotatable bonds is 0. The normalized spacial score (nSPS) is 13.1. The maximum Gasteiger partial charge on any atom is 0.140 e. The highest BCUT2D eigenvalue weighted by Gasteiger charge is 1.99. The van der Waals surface area contributed by atoms with Crippen molar-refractivity contribution in [3.63, 3.8) is 0 Å². The first-order chi connectivity index (χ1) is 6.95. The fraction of sp³-hybridized carbons (Fsp3) is 0. The van der Waals surface area contributed by atoms with Crippen LogP contribution in [0.5, 0.6) is 0 Å². The number of para-hydroxylation sites is 1. The van der Waals surface area contributed by atoms with Crippen molar-refractivity contribution in [3.8, 4) is 0 Å². The molecule has 14 heavy (non-hydrogen) atoms. The van der Waals surface area contributed by atoms with Gasteiger partial charge in [-0.25, -0.2) is 9.98 Å². The van der Waals surface area contributed by atoms with Gasteiger partial charge in [0.15, 0.2) is 0 Å². The fourth-order valence-electron chi connectivity index (χ4n) is 1.61. The Morgan fingerprint density at radius 3 is 3.14 bits per heavy atom. The highest BCUT2D eigenvalue weighted by molar-refractivity contribution is 5.80. The Morgan fingerprint density at radius 2 is 2.14 bits per heavy atom. The number of aromatic amines is 1. The molecular formula is C11H7N3. The Balaban J connectivity index is 2.63. The minimum Gasteiger partial charge on any atom is -0.339 e. The second-order valence-corrected chi connectivity index (χ2v) is 3.08. The largest absolute Gasteiger partial charge is 0.339 e. The molecule has 0 aliphatic carbocycles. The van der Waals surface area contributed by atoms with E-state index in [0.29, 0.717) is 0 Å². The van der Waals surface area contributed by atoms with Crippen molar-refractivity contribution in [1.29, 1.82) is 0 Å². The zero-order chi connectivity index (χ0) is 9.38. The van der Waals surface area contributed by atoms with Gasteiger partial charge in [0.25, 0.3) is 0 Å². The Kier molecular flexibility index (Phi) is 1.40. The second kappa shape index (κ2) is 2.69. The molecule has 1 aliphatic rings. The van der Waals surface area contributed by atoms with Crippen molar-refractivity contribution in [2.75, 3.05) is 0 Å². The molecule has 1 aromatic carbocycles. The smallest absolute Gasteiger partial charge is 0.140 e. The maximum absolute atomic E-state index is 4.21. The van der Waals surface area contributed by atoms with Gasteiger partial charge in [-0.1, -0.05) is 18.2 Å². The van der Waals surface area contributed by atoms with Gasteiger partial charge in [0, 0.05) is 28.2 Å². The Labute approximate surface area is 79.8 Å². The van der Waals surface area contributed by atoms with Crippen LogP contribution < -0.4 is 10.7 Å². The van der Waals surface area contributed by atoms with Crippen LogP contribution in [0.1, 0.15) is 0 Å². The van der Waals surface area contributed by atoms with Crippen LogP contribution in [0.25, 0.3) is 17.1 Å². The van der Waals surface area contributed by atoms with Crippen molar-refractivity contribution < 1.29 is 0 Å². The highest BCUT2D eigenvalue weighted by atomic mass is 14.9. The van der Waals surface area contributed by atoms with Crippen LogP contribution in [0.2, 0.25) is 0 Å².